The van der Waals surface area contributed by atoms with Crippen LogP contribution in [-0.2, 0) is 10.0 Å². The van der Waals surface area contributed by atoms with Gasteiger partial charge in [0, 0.05) is 12.1 Å². The second-order valence-corrected chi connectivity index (χ2v) is 7.85. The fourth-order valence-corrected chi connectivity index (χ4v) is 4.42. The van der Waals surface area contributed by atoms with Gasteiger partial charge in [-0.2, -0.15) is 0 Å². The molecule has 1 fully saturated rings. The first-order valence-corrected chi connectivity index (χ1v) is 9.46. The molecule has 4 nitrogen and oxygen atoms in total. The number of sulfonamides is 1. The lowest BCUT2D eigenvalue weighted by Crippen LogP contribution is -2.42. The minimum absolute atomic E-state index is 0.0656. The van der Waals surface area contributed by atoms with E-state index in [1.165, 1.54) is 0 Å². The lowest BCUT2D eigenvalue weighted by atomic mass is 9.92. The van der Waals surface area contributed by atoms with Gasteiger partial charge in [-0.15, -0.1) is 0 Å². The van der Waals surface area contributed by atoms with E-state index < -0.39 is 10.0 Å². The summed E-state index contributed by atoms with van der Waals surface area (Å²) in [7, 11) is -3.52. The molecule has 3 rings (SSSR count). The van der Waals surface area contributed by atoms with Crippen LogP contribution >= 0.6 is 0 Å². The highest BCUT2D eigenvalue weighted by atomic mass is 32.2. The fraction of sp³-hybridized carbons (Fsp3) is 0.333. The first-order chi connectivity index (χ1) is 11.0. The van der Waals surface area contributed by atoms with Crippen LogP contribution in [-0.4, -0.2) is 20.5 Å². The second-order valence-electron chi connectivity index (χ2n) is 6.14. The number of rotatable bonds is 4. The monoisotopic (exact) mass is 330 g/mol. The summed E-state index contributed by atoms with van der Waals surface area (Å²) in [6.07, 6.45) is 3.50. The second kappa shape index (κ2) is 6.83. The molecule has 3 N–H and O–H groups in total. The summed E-state index contributed by atoms with van der Waals surface area (Å²) in [5.74, 6) is 0. The van der Waals surface area contributed by atoms with Crippen LogP contribution in [0, 0.1) is 0 Å². The molecule has 23 heavy (non-hydrogen) atoms. The molecular formula is C18H22N2O2S. The Morgan fingerprint density at radius 3 is 2.43 bits per heavy atom. The third-order valence-electron chi connectivity index (χ3n) is 4.29. The molecule has 0 radical (unpaired) electrons. The van der Waals surface area contributed by atoms with Crippen molar-refractivity contribution in [2.75, 3.05) is 0 Å². The van der Waals surface area contributed by atoms with Crippen molar-refractivity contribution in [2.45, 2.75) is 42.7 Å². The Bertz CT molecular complexity index is 760. The molecule has 2 aromatic carbocycles. The Hall–Kier alpha value is -1.69. The lowest BCUT2D eigenvalue weighted by Gasteiger charge is -2.27. The summed E-state index contributed by atoms with van der Waals surface area (Å²) in [4.78, 5) is 0.304. The summed E-state index contributed by atoms with van der Waals surface area (Å²) >= 11 is 0. The number of hydrogen-bond acceptors (Lipinski definition) is 3. The van der Waals surface area contributed by atoms with Gasteiger partial charge in [0.15, 0.2) is 0 Å². The molecular weight excluding hydrogens is 308 g/mol. The Kier molecular flexibility index (Phi) is 4.80. The van der Waals surface area contributed by atoms with E-state index in [9.17, 15) is 8.42 Å². The van der Waals surface area contributed by atoms with E-state index in [-0.39, 0.29) is 12.1 Å². The molecule has 0 spiro atoms. The van der Waals surface area contributed by atoms with Crippen molar-refractivity contribution in [1.82, 2.24) is 4.72 Å². The summed E-state index contributed by atoms with van der Waals surface area (Å²) < 4.78 is 28.1. The van der Waals surface area contributed by atoms with Crippen LogP contribution in [0.2, 0.25) is 0 Å². The normalized spacial score (nSPS) is 22.0. The van der Waals surface area contributed by atoms with E-state index in [1.807, 2.05) is 36.4 Å². The van der Waals surface area contributed by atoms with Gasteiger partial charge in [-0.1, -0.05) is 48.9 Å². The minimum atomic E-state index is -3.52. The topological polar surface area (TPSA) is 72.2 Å². The van der Waals surface area contributed by atoms with Crippen LogP contribution in [0.3, 0.4) is 0 Å². The largest absolute Gasteiger partial charge is 0.328 e. The predicted molar refractivity (Wildman–Crippen MR) is 92.4 cm³/mol. The van der Waals surface area contributed by atoms with Crippen molar-refractivity contribution < 1.29 is 8.42 Å². The predicted octanol–water partition coefficient (Wildman–Crippen LogP) is 2.90. The smallest absolute Gasteiger partial charge is 0.240 e. The molecule has 1 saturated carbocycles. The van der Waals surface area contributed by atoms with Crippen LogP contribution in [0.15, 0.2) is 59.5 Å². The van der Waals surface area contributed by atoms with Crippen LogP contribution in [0.1, 0.15) is 25.7 Å². The van der Waals surface area contributed by atoms with Gasteiger partial charge in [0.1, 0.15) is 0 Å². The molecule has 2 unspecified atom stereocenters. The van der Waals surface area contributed by atoms with Gasteiger partial charge in [0.2, 0.25) is 10.0 Å². The van der Waals surface area contributed by atoms with Gasteiger partial charge in [-0.05, 0) is 42.5 Å². The number of hydrogen-bond donors (Lipinski definition) is 2. The van der Waals surface area contributed by atoms with Crippen molar-refractivity contribution in [3.8, 4) is 11.1 Å². The van der Waals surface area contributed by atoms with Gasteiger partial charge >= 0.3 is 0 Å². The zero-order chi connectivity index (χ0) is 16.3. The van der Waals surface area contributed by atoms with E-state index in [0.29, 0.717) is 11.3 Å². The van der Waals surface area contributed by atoms with Crippen LogP contribution in [0.4, 0.5) is 0 Å². The Balaban J connectivity index is 1.83. The third-order valence-corrected chi connectivity index (χ3v) is 5.81. The Morgan fingerprint density at radius 1 is 0.957 bits per heavy atom. The molecule has 0 heterocycles. The van der Waals surface area contributed by atoms with Crippen LogP contribution in [0.5, 0.6) is 0 Å². The van der Waals surface area contributed by atoms with Crippen molar-refractivity contribution in [3.05, 3.63) is 54.6 Å². The molecule has 1 aliphatic rings. The maximum absolute atomic E-state index is 12.6. The molecule has 0 aromatic heterocycles. The van der Waals surface area contributed by atoms with Gasteiger partial charge in [-0.25, -0.2) is 13.1 Å². The average molecular weight is 330 g/mol. The number of nitrogens with two attached hydrogens (primary N) is 1. The summed E-state index contributed by atoms with van der Waals surface area (Å²) in [6.45, 7) is 0. The molecule has 2 aromatic rings. The van der Waals surface area contributed by atoms with Gasteiger partial charge in [0.05, 0.1) is 4.90 Å². The van der Waals surface area contributed by atoms with Crippen molar-refractivity contribution in [2.24, 2.45) is 5.73 Å². The van der Waals surface area contributed by atoms with Crippen molar-refractivity contribution in [3.63, 3.8) is 0 Å². The van der Waals surface area contributed by atoms with Crippen molar-refractivity contribution in [1.29, 1.82) is 0 Å². The zero-order valence-electron chi connectivity index (χ0n) is 13.0. The van der Waals surface area contributed by atoms with Gasteiger partial charge in [0.25, 0.3) is 0 Å². The average Bonchev–Trinajstić information content (AvgIpc) is 2.55. The maximum Gasteiger partial charge on any atom is 0.240 e. The zero-order valence-corrected chi connectivity index (χ0v) is 13.8. The minimum Gasteiger partial charge on any atom is -0.328 e. The van der Waals surface area contributed by atoms with Gasteiger partial charge in [-0.3, -0.25) is 0 Å². The molecule has 2 atom stereocenters. The Morgan fingerprint density at radius 2 is 1.70 bits per heavy atom. The molecule has 0 amide bonds. The van der Waals surface area contributed by atoms with Crippen LogP contribution < -0.4 is 10.5 Å². The SMILES string of the molecule is NC1CCCC(NS(=O)(=O)c2cccc(-c3ccccc3)c2)C1. The first-order valence-electron chi connectivity index (χ1n) is 7.98. The summed E-state index contributed by atoms with van der Waals surface area (Å²) in [5, 5.41) is 0. The number of benzene rings is 2. The van der Waals surface area contributed by atoms with E-state index in [1.54, 1.807) is 18.2 Å². The standard InChI is InChI=1S/C18H22N2O2S/c19-16-9-5-10-17(13-16)20-23(21,22)18-11-4-8-15(12-18)14-6-2-1-3-7-14/h1-4,6-8,11-12,16-17,20H,5,9-10,13,19H2. The highest BCUT2D eigenvalue weighted by molar-refractivity contribution is 7.89. The quantitative estimate of drug-likeness (QED) is 0.905. The highest BCUT2D eigenvalue weighted by Crippen LogP contribution is 2.24. The molecule has 1 aliphatic carbocycles. The highest BCUT2D eigenvalue weighted by Gasteiger charge is 2.25. The molecule has 0 aliphatic heterocycles. The first kappa shape index (κ1) is 16.2. The fourth-order valence-electron chi connectivity index (χ4n) is 3.10. The van der Waals surface area contributed by atoms with E-state index >= 15 is 0 Å². The van der Waals surface area contributed by atoms with Crippen LogP contribution in [0.25, 0.3) is 11.1 Å². The van der Waals surface area contributed by atoms with Crippen molar-refractivity contribution >= 4 is 10.0 Å². The Labute approximate surface area is 137 Å². The molecule has 5 heteroatoms. The summed E-state index contributed by atoms with van der Waals surface area (Å²) in [5.41, 5.74) is 7.85. The lowest BCUT2D eigenvalue weighted by molar-refractivity contribution is 0.371. The van der Waals surface area contributed by atoms with E-state index in [2.05, 4.69) is 4.72 Å². The molecule has 122 valence electrons. The third kappa shape index (κ3) is 3.99. The molecule has 0 bridgehead atoms. The summed E-state index contributed by atoms with van der Waals surface area (Å²) in [6, 6.07) is 16.9. The van der Waals surface area contributed by atoms with E-state index in [0.717, 1.165) is 30.4 Å². The molecule has 0 saturated heterocycles. The van der Waals surface area contributed by atoms with E-state index in [4.69, 9.17) is 5.73 Å². The number of nitrogens with one attached hydrogen (secondary N) is 1. The van der Waals surface area contributed by atoms with Gasteiger partial charge < -0.3 is 5.73 Å². The maximum atomic E-state index is 12.6.